The van der Waals surface area contributed by atoms with Crippen LogP contribution in [0.2, 0.25) is 5.02 Å². The largest absolute Gasteiger partial charge is 0.364 e. The van der Waals surface area contributed by atoms with Gasteiger partial charge >= 0.3 is 0 Å². The number of hydrogen-bond acceptors (Lipinski definition) is 4. The maximum absolute atomic E-state index is 13.5. The van der Waals surface area contributed by atoms with Crippen LogP contribution in [-0.2, 0) is 19.5 Å². The van der Waals surface area contributed by atoms with Gasteiger partial charge in [-0.05, 0) is 5.56 Å². The third kappa shape index (κ3) is 4.00. The lowest BCUT2D eigenvalue weighted by Gasteiger charge is -2.30. The predicted octanol–water partition coefficient (Wildman–Crippen LogP) is 3.48. The van der Waals surface area contributed by atoms with Crippen LogP contribution in [0.3, 0.4) is 0 Å². The predicted molar refractivity (Wildman–Crippen MR) is 118 cm³/mol. The molecule has 1 aliphatic rings. The first-order chi connectivity index (χ1) is 15.3. The molecular weight excluding hydrogens is 440 g/mol. The molecule has 0 spiro atoms. The molecule has 0 unspecified atom stereocenters. The van der Waals surface area contributed by atoms with Crippen molar-refractivity contribution in [2.45, 2.75) is 25.9 Å². The SMILES string of the molecule is CN(C)C(=O)c1cn(Cc2ccccc2C(F)F)c2c1CN(c1cn[nH]c(=O)c1Cl)CC2. The average Bonchev–Trinajstić information content (AvgIpc) is 3.12. The molecule has 168 valence electrons. The molecule has 0 atom stereocenters. The van der Waals surface area contributed by atoms with E-state index in [1.807, 2.05) is 9.47 Å². The van der Waals surface area contributed by atoms with Crippen LogP contribution in [0.4, 0.5) is 14.5 Å². The van der Waals surface area contributed by atoms with E-state index in [2.05, 4.69) is 10.2 Å². The highest BCUT2D eigenvalue weighted by Gasteiger charge is 2.29. The van der Waals surface area contributed by atoms with E-state index in [1.165, 1.54) is 17.2 Å². The Kier molecular flexibility index (Phi) is 6.01. The molecule has 0 aliphatic carbocycles. The summed E-state index contributed by atoms with van der Waals surface area (Å²) in [6, 6.07) is 6.42. The highest BCUT2D eigenvalue weighted by Crippen LogP contribution is 2.32. The number of anilines is 1. The first-order valence-corrected chi connectivity index (χ1v) is 10.4. The summed E-state index contributed by atoms with van der Waals surface area (Å²) in [5, 5.41) is 6.17. The number of nitrogens with zero attached hydrogens (tertiary/aromatic N) is 4. The minimum absolute atomic E-state index is 0.0192. The molecule has 1 N–H and O–H groups in total. The van der Waals surface area contributed by atoms with Gasteiger partial charge in [-0.3, -0.25) is 9.59 Å². The number of halogens is 3. The van der Waals surface area contributed by atoms with Crippen molar-refractivity contribution in [2.75, 3.05) is 25.5 Å². The van der Waals surface area contributed by atoms with Gasteiger partial charge in [-0.2, -0.15) is 5.10 Å². The van der Waals surface area contributed by atoms with Crippen molar-refractivity contribution in [2.24, 2.45) is 0 Å². The molecule has 0 radical (unpaired) electrons. The summed E-state index contributed by atoms with van der Waals surface area (Å²) < 4.78 is 28.9. The standard InChI is InChI=1S/C22H22ClF2N5O2/c1-28(2)22(32)16-12-30(10-13-5-3-4-6-14(13)20(24)25)17-7-8-29(11-15(16)17)18-9-26-27-21(31)19(18)23/h3-6,9,12,20H,7-8,10-11H2,1-2H3,(H,27,31). The fourth-order valence-electron chi connectivity index (χ4n) is 4.06. The van der Waals surface area contributed by atoms with Crippen LogP contribution in [-0.4, -0.2) is 46.2 Å². The summed E-state index contributed by atoms with van der Waals surface area (Å²) in [5.41, 5.74) is 2.69. The molecule has 7 nitrogen and oxygen atoms in total. The summed E-state index contributed by atoms with van der Waals surface area (Å²) in [6.45, 7) is 1.11. The van der Waals surface area contributed by atoms with Crippen molar-refractivity contribution >= 4 is 23.2 Å². The van der Waals surface area contributed by atoms with Gasteiger partial charge in [-0.1, -0.05) is 35.9 Å². The summed E-state index contributed by atoms with van der Waals surface area (Å²) in [4.78, 5) is 28.2. The molecule has 1 aliphatic heterocycles. The van der Waals surface area contributed by atoms with E-state index in [4.69, 9.17) is 11.6 Å². The molecular formula is C22H22ClF2N5O2. The van der Waals surface area contributed by atoms with Crippen molar-refractivity contribution in [1.29, 1.82) is 0 Å². The Balaban J connectivity index is 1.76. The molecule has 32 heavy (non-hydrogen) atoms. The number of carbonyl (C=O) groups is 1. The van der Waals surface area contributed by atoms with Crippen molar-refractivity contribution in [3.8, 4) is 0 Å². The number of aromatic nitrogens is 3. The fraction of sp³-hybridized carbons (Fsp3) is 0.318. The average molecular weight is 462 g/mol. The number of amides is 1. The Morgan fingerprint density at radius 3 is 2.78 bits per heavy atom. The lowest BCUT2D eigenvalue weighted by Crippen LogP contribution is -2.33. The first-order valence-electron chi connectivity index (χ1n) is 10.0. The van der Waals surface area contributed by atoms with Gasteiger partial charge < -0.3 is 14.4 Å². The van der Waals surface area contributed by atoms with Crippen LogP contribution < -0.4 is 10.5 Å². The molecule has 0 bridgehead atoms. The number of benzene rings is 1. The zero-order valence-electron chi connectivity index (χ0n) is 17.6. The molecule has 1 aromatic carbocycles. The van der Waals surface area contributed by atoms with Crippen molar-refractivity contribution < 1.29 is 13.6 Å². The molecule has 4 rings (SSSR count). The van der Waals surface area contributed by atoms with Gasteiger partial charge in [0.15, 0.2) is 0 Å². The number of H-pyrrole nitrogens is 1. The number of fused-ring (bicyclic) bond motifs is 1. The van der Waals surface area contributed by atoms with Crippen LogP contribution in [0.1, 0.15) is 39.2 Å². The van der Waals surface area contributed by atoms with Gasteiger partial charge in [0, 0.05) is 63.2 Å². The second-order valence-corrected chi connectivity index (χ2v) is 8.24. The van der Waals surface area contributed by atoms with Crippen LogP contribution in [0.25, 0.3) is 0 Å². The minimum Gasteiger partial charge on any atom is -0.364 e. The normalized spacial score (nSPS) is 13.4. The number of alkyl halides is 2. The van der Waals surface area contributed by atoms with Gasteiger partial charge in [0.1, 0.15) is 5.02 Å². The van der Waals surface area contributed by atoms with E-state index < -0.39 is 12.0 Å². The van der Waals surface area contributed by atoms with Gasteiger partial charge in [-0.15, -0.1) is 0 Å². The molecule has 3 heterocycles. The van der Waals surface area contributed by atoms with E-state index in [0.717, 1.165) is 11.3 Å². The molecule has 2 aromatic heterocycles. The number of rotatable bonds is 5. The second kappa shape index (κ2) is 8.74. The van der Waals surface area contributed by atoms with E-state index in [0.29, 0.717) is 36.3 Å². The molecule has 0 saturated carbocycles. The minimum atomic E-state index is -2.58. The van der Waals surface area contributed by atoms with Crippen molar-refractivity contribution in [1.82, 2.24) is 19.7 Å². The second-order valence-electron chi connectivity index (χ2n) is 7.86. The summed E-state index contributed by atoms with van der Waals surface area (Å²) in [6.07, 6.45) is 1.19. The third-order valence-electron chi connectivity index (χ3n) is 5.66. The van der Waals surface area contributed by atoms with E-state index in [9.17, 15) is 18.4 Å². The van der Waals surface area contributed by atoms with Crippen molar-refractivity contribution in [3.63, 3.8) is 0 Å². The Labute approximate surface area is 188 Å². The Morgan fingerprint density at radius 1 is 1.31 bits per heavy atom. The Bertz CT molecular complexity index is 1220. The number of aromatic amines is 1. The molecule has 0 saturated heterocycles. The lowest BCUT2D eigenvalue weighted by molar-refractivity contribution is 0.0826. The zero-order chi connectivity index (χ0) is 23.0. The van der Waals surface area contributed by atoms with Crippen LogP contribution in [0.15, 0.2) is 41.5 Å². The monoisotopic (exact) mass is 461 g/mol. The van der Waals surface area contributed by atoms with Gasteiger partial charge in [0.05, 0.1) is 17.4 Å². The van der Waals surface area contributed by atoms with E-state index >= 15 is 0 Å². The van der Waals surface area contributed by atoms with Gasteiger partial charge in [0.2, 0.25) is 0 Å². The molecule has 3 aromatic rings. The van der Waals surface area contributed by atoms with Crippen LogP contribution in [0.5, 0.6) is 0 Å². The quantitative estimate of drug-likeness (QED) is 0.631. The van der Waals surface area contributed by atoms with E-state index in [-0.39, 0.29) is 23.0 Å². The first kappa shape index (κ1) is 22.0. The number of carbonyl (C=O) groups excluding carboxylic acids is 1. The lowest BCUT2D eigenvalue weighted by atomic mass is 10.0. The maximum Gasteiger partial charge on any atom is 0.285 e. The summed E-state index contributed by atoms with van der Waals surface area (Å²) in [7, 11) is 3.33. The molecule has 0 fully saturated rings. The van der Waals surface area contributed by atoms with Gasteiger partial charge in [-0.25, -0.2) is 13.9 Å². The molecule has 10 heteroatoms. The van der Waals surface area contributed by atoms with Gasteiger partial charge in [0.25, 0.3) is 17.9 Å². The highest BCUT2D eigenvalue weighted by atomic mass is 35.5. The van der Waals surface area contributed by atoms with Crippen LogP contribution in [0, 0.1) is 0 Å². The highest BCUT2D eigenvalue weighted by molar-refractivity contribution is 6.33. The van der Waals surface area contributed by atoms with Crippen LogP contribution >= 0.6 is 11.6 Å². The Hall–Kier alpha value is -3.20. The van der Waals surface area contributed by atoms with E-state index in [1.54, 1.807) is 38.5 Å². The molecule has 1 amide bonds. The zero-order valence-corrected chi connectivity index (χ0v) is 18.4. The number of hydrogen-bond donors (Lipinski definition) is 1. The number of nitrogens with one attached hydrogen (secondary N) is 1. The Morgan fingerprint density at radius 2 is 2.06 bits per heavy atom. The summed E-state index contributed by atoms with van der Waals surface area (Å²) >= 11 is 6.19. The summed E-state index contributed by atoms with van der Waals surface area (Å²) in [5.74, 6) is -0.181. The smallest absolute Gasteiger partial charge is 0.285 e. The van der Waals surface area contributed by atoms with Crippen molar-refractivity contribution in [3.05, 3.63) is 80.0 Å². The fourth-order valence-corrected chi connectivity index (χ4v) is 4.27. The maximum atomic E-state index is 13.5. The topological polar surface area (TPSA) is 74.2 Å². The third-order valence-corrected chi connectivity index (χ3v) is 6.02.